The number of aromatic amines is 1. The fraction of sp³-hybridized carbons (Fsp3) is 0.211. The topological polar surface area (TPSA) is 69.3 Å². The number of benzene rings is 1. The Hall–Kier alpha value is -2.35. The molecular weight excluding hydrogens is 419 g/mol. The van der Waals surface area contributed by atoms with E-state index in [2.05, 4.69) is 10.2 Å². The average molecular weight is 435 g/mol. The van der Waals surface area contributed by atoms with Crippen LogP contribution in [-0.2, 0) is 0 Å². The molecule has 3 heterocycles. The molecule has 0 unspecified atom stereocenters. The number of nitrogens with one attached hydrogen (secondary N) is 1. The minimum absolute atomic E-state index is 0.142. The summed E-state index contributed by atoms with van der Waals surface area (Å²) in [6.45, 7) is 1.77. The minimum Gasteiger partial charge on any atom is -0.335 e. The monoisotopic (exact) mass is 434 g/mol. The van der Waals surface area contributed by atoms with Crippen molar-refractivity contribution in [3.8, 4) is 10.6 Å². The summed E-state index contributed by atoms with van der Waals surface area (Å²) in [6, 6.07) is 10.5. The molecule has 0 saturated carbocycles. The fourth-order valence-electron chi connectivity index (χ4n) is 3.12. The number of piperazine rings is 1. The highest BCUT2D eigenvalue weighted by atomic mass is 35.5. The van der Waals surface area contributed by atoms with Crippen molar-refractivity contribution in [3.05, 3.63) is 63.1 Å². The summed E-state index contributed by atoms with van der Waals surface area (Å²) in [5, 5.41) is 9.87. The van der Waals surface area contributed by atoms with Gasteiger partial charge in [-0.2, -0.15) is 5.10 Å². The molecule has 6 nitrogen and oxygen atoms in total. The summed E-state index contributed by atoms with van der Waals surface area (Å²) < 4.78 is 0. The summed E-state index contributed by atoms with van der Waals surface area (Å²) >= 11 is 13.6. The van der Waals surface area contributed by atoms with Crippen LogP contribution in [0.25, 0.3) is 10.6 Å². The van der Waals surface area contributed by atoms with Gasteiger partial charge in [0.15, 0.2) is 5.69 Å². The Morgan fingerprint density at radius 2 is 1.61 bits per heavy atom. The third kappa shape index (κ3) is 3.92. The second-order valence-corrected chi connectivity index (χ2v) is 8.21. The Kier molecular flexibility index (Phi) is 5.39. The standard InChI is InChI=1S/C19H16Cl2N4O2S/c20-13-8-12(9-14(21)10-13)18(26)24-3-5-25(6-4-24)19(27)16-11-15(22-23-16)17-2-1-7-28-17/h1-2,7-11H,3-6H2,(H,22,23). The van der Waals surface area contributed by atoms with Gasteiger partial charge < -0.3 is 9.80 Å². The van der Waals surface area contributed by atoms with E-state index in [1.54, 1.807) is 45.4 Å². The number of rotatable bonds is 3. The predicted octanol–water partition coefficient (Wildman–Crippen LogP) is 4.04. The lowest BCUT2D eigenvalue weighted by atomic mass is 10.1. The average Bonchev–Trinajstić information content (AvgIpc) is 3.38. The molecule has 0 atom stereocenters. The van der Waals surface area contributed by atoms with Crippen molar-refractivity contribution >= 4 is 46.4 Å². The van der Waals surface area contributed by atoms with Crippen molar-refractivity contribution in [3.63, 3.8) is 0 Å². The zero-order valence-electron chi connectivity index (χ0n) is 14.7. The summed E-state index contributed by atoms with van der Waals surface area (Å²) in [7, 11) is 0. The second kappa shape index (κ2) is 7.95. The van der Waals surface area contributed by atoms with Gasteiger partial charge in [-0.15, -0.1) is 11.3 Å². The van der Waals surface area contributed by atoms with Crippen LogP contribution in [0.1, 0.15) is 20.8 Å². The lowest BCUT2D eigenvalue weighted by Crippen LogP contribution is -2.50. The number of hydrogen-bond acceptors (Lipinski definition) is 4. The third-order valence-electron chi connectivity index (χ3n) is 4.55. The minimum atomic E-state index is -0.142. The molecule has 2 amide bonds. The molecule has 9 heteroatoms. The van der Waals surface area contributed by atoms with Crippen molar-refractivity contribution in [2.24, 2.45) is 0 Å². The Morgan fingerprint density at radius 1 is 0.964 bits per heavy atom. The van der Waals surface area contributed by atoms with Gasteiger partial charge >= 0.3 is 0 Å². The van der Waals surface area contributed by atoms with E-state index >= 15 is 0 Å². The molecule has 144 valence electrons. The molecule has 1 aliphatic heterocycles. The highest BCUT2D eigenvalue weighted by molar-refractivity contribution is 7.13. The molecule has 0 spiro atoms. The molecule has 1 saturated heterocycles. The van der Waals surface area contributed by atoms with Gasteiger partial charge in [-0.05, 0) is 35.7 Å². The van der Waals surface area contributed by atoms with E-state index in [0.29, 0.717) is 47.5 Å². The lowest BCUT2D eigenvalue weighted by Gasteiger charge is -2.34. The molecule has 0 radical (unpaired) electrons. The van der Waals surface area contributed by atoms with Crippen LogP contribution in [-0.4, -0.2) is 58.0 Å². The third-order valence-corrected chi connectivity index (χ3v) is 5.89. The summed E-state index contributed by atoms with van der Waals surface area (Å²) in [5.74, 6) is -0.284. The maximum atomic E-state index is 12.7. The number of nitrogens with zero attached hydrogens (tertiary/aromatic N) is 3. The van der Waals surface area contributed by atoms with Crippen molar-refractivity contribution in [1.29, 1.82) is 0 Å². The smallest absolute Gasteiger partial charge is 0.274 e. The first kappa shape index (κ1) is 19.0. The highest BCUT2D eigenvalue weighted by Crippen LogP contribution is 2.24. The van der Waals surface area contributed by atoms with E-state index in [1.807, 2.05) is 17.5 Å². The van der Waals surface area contributed by atoms with Crippen LogP contribution >= 0.6 is 34.5 Å². The van der Waals surface area contributed by atoms with Crippen molar-refractivity contribution < 1.29 is 9.59 Å². The number of hydrogen-bond donors (Lipinski definition) is 1. The van der Waals surface area contributed by atoms with Gasteiger partial charge in [-0.3, -0.25) is 14.7 Å². The van der Waals surface area contributed by atoms with Gasteiger partial charge in [0.05, 0.1) is 10.6 Å². The molecule has 1 aromatic carbocycles. The number of thiophene rings is 1. The lowest BCUT2D eigenvalue weighted by molar-refractivity contribution is 0.0532. The molecule has 28 heavy (non-hydrogen) atoms. The number of H-pyrrole nitrogens is 1. The van der Waals surface area contributed by atoms with E-state index in [9.17, 15) is 9.59 Å². The summed E-state index contributed by atoms with van der Waals surface area (Å²) in [4.78, 5) is 29.8. The van der Waals surface area contributed by atoms with Crippen LogP contribution in [0.15, 0.2) is 41.8 Å². The number of carbonyl (C=O) groups is 2. The highest BCUT2D eigenvalue weighted by Gasteiger charge is 2.27. The SMILES string of the molecule is O=C(c1cc(Cl)cc(Cl)c1)N1CCN(C(=O)c2cc(-c3cccs3)[nH]n2)CC1. The van der Waals surface area contributed by atoms with Gasteiger partial charge in [-0.1, -0.05) is 29.3 Å². The van der Waals surface area contributed by atoms with E-state index in [1.165, 1.54) is 0 Å². The van der Waals surface area contributed by atoms with E-state index in [0.717, 1.165) is 10.6 Å². The van der Waals surface area contributed by atoms with Crippen molar-refractivity contribution in [1.82, 2.24) is 20.0 Å². The van der Waals surface area contributed by atoms with Gasteiger partial charge in [-0.25, -0.2) is 0 Å². The van der Waals surface area contributed by atoms with E-state index < -0.39 is 0 Å². The van der Waals surface area contributed by atoms with Gasteiger partial charge in [0, 0.05) is 41.8 Å². The van der Waals surface area contributed by atoms with Crippen LogP contribution < -0.4 is 0 Å². The summed E-state index contributed by atoms with van der Waals surface area (Å²) in [5.41, 5.74) is 1.65. The van der Waals surface area contributed by atoms with E-state index in [-0.39, 0.29) is 11.8 Å². The van der Waals surface area contributed by atoms with Crippen LogP contribution in [0.5, 0.6) is 0 Å². The number of amides is 2. The number of aromatic nitrogens is 2. The zero-order chi connectivity index (χ0) is 19.7. The molecule has 0 aliphatic carbocycles. The Bertz CT molecular complexity index is 991. The van der Waals surface area contributed by atoms with Crippen LogP contribution in [0, 0.1) is 0 Å². The Labute approximate surface area is 175 Å². The largest absolute Gasteiger partial charge is 0.335 e. The normalized spacial score (nSPS) is 14.4. The number of carbonyl (C=O) groups excluding carboxylic acids is 2. The zero-order valence-corrected chi connectivity index (χ0v) is 17.0. The van der Waals surface area contributed by atoms with Gasteiger partial charge in [0.25, 0.3) is 11.8 Å². The quantitative estimate of drug-likeness (QED) is 0.675. The molecule has 3 aromatic rings. The molecule has 1 aliphatic rings. The van der Waals surface area contributed by atoms with Crippen LogP contribution in [0.2, 0.25) is 10.0 Å². The fourth-order valence-corrected chi connectivity index (χ4v) is 4.34. The van der Waals surface area contributed by atoms with Gasteiger partial charge in [0.1, 0.15) is 0 Å². The number of halogens is 2. The molecule has 1 N–H and O–H groups in total. The van der Waals surface area contributed by atoms with Crippen molar-refractivity contribution in [2.75, 3.05) is 26.2 Å². The van der Waals surface area contributed by atoms with Crippen LogP contribution in [0.4, 0.5) is 0 Å². The first-order valence-electron chi connectivity index (χ1n) is 8.65. The second-order valence-electron chi connectivity index (χ2n) is 6.39. The first-order chi connectivity index (χ1) is 13.5. The predicted molar refractivity (Wildman–Crippen MR) is 110 cm³/mol. The summed E-state index contributed by atoms with van der Waals surface area (Å²) in [6.07, 6.45) is 0. The molecule has 0 bridgehead atoms. The Morgan fingerprint density at radius 3 is 2.21 bits per heavy atom. The van der Waals surface area contributed by atoms with Crippen LogP contribution in [0.3, 0.4) is 0 Å². The molecule has 4 rings (SSSR count). The maximum Gasteiger partial charge on any atom is 0.274 e. The van der Waals surface area contributed by atoms with Gasteiger partial charge in [0.2, 0.25) is 0 Å². The molecule has 2 aromatic heterocycles. The van der Waals surface area contributed by atoms with E-state index in [4.69, 9.17) is 23.2 Å². The Balaban J connectivity index is 1.40. The molecular formula is C19H16Cl2N4O2S. The first-order valence-corrected chi connectivity index (χ1v) is 10.3. The molecule has 1 fully saturated rings. The maximum absolute atomic E-state index is 12.7. The van der Waals surface area contributed by atoms with Crippen molar-refractivity contribution in [2.45, 2.75) is 0 Å².